The molecule has 4 rings (SSSR count). The molecule has 9 heteroatoms. The molecule has 45 heavy (non-hydrogen) atoms. The number of aryl methyl sites for hydroxylation is 1. The summed E-state index contributed by atoms with van der Waals surface area (Å²) in [6.45, 7) is 7.14. The van der Waals surface area contributed by atoms with Gasteiger partial charge in [0.05, 0.1) is 17.7 Å². The fourth-order valence-corrected chi connectivity index (χ4v) is 6.49. The lowest BCUT2D eigenvalue weighted by molar-refractivity contribution is -0.140. The van der Waals surface area contributed by atoms with Crippen LogP contribution in [0.1, 0.15) is 37.5 Å². The van der Waals surface area contributed by atoms with E-state index in [2.05, 4.69) is 5.32 Å². The van der Waals surface area contributed by atoms with Crippen LogP contribution in [0.15, 0.2) is 114 Å². The molecule has 0 fully saturated rings. The lowest BCUT2D eigenvalue weighted by Crippen LogP contribution is -2.56. The van der Waals surface area contributed by atoms with Gasteiger partial charge in [0.2, 0.25) is 11.8 Å². The highest BCUT2D eigenvalue weighted by molar-refractivity contribution is 7.92. The summed E-state index contributed by atoms with van der Waals surface area (Å²) < 4.78 is 34.9. The van der Waals surface area contributed by atoms with E-state index in [0.717, 1.165) is 21.0 Å². The van der Waals surface area contributed by atoms with Crippen molar-refractivity contribution in [1.29, 1.82) is 0 Å². The molecule has 1 N–H and O–H groups in total. The van der Waals surface area contributed by atoms with Gasteiger partial charge in [-0.2, -0.15) is 0 Å². The first-order chi connectivity index (χ1) is 21.4. The molecule has 0 bridgehead atoms. The van der Waals surface area contributed by atoms with E-state index < -0.39 is 34.1 Å². The smallest absolute Gasteiger partial charge is 0.264 e. The number of anilines is 1. The molecule has 0 saturated carbocycles. The Morgan fingerprint density at radius 3 is 2.02 bits per heavy atom. The van der Waals surface area contributed by atoms with Crippen molar-refractivity contribution in [3.8, 4) is 5.75 Å². The Hall–Kier alpha value is -4.63. The first kappa shape index (κ1) is 33.3. The predicted octanol–water partition coefficient (Wildman–Crippen LogP) is 5.75. The lowest BCUT2D eigenvalue weighted by atomic mass is 10.00. The third-order valence-corrected chi connectivity index (χ3v) is 9.11. The average Bonchev–Trinajstić information content (AvgIpc) is 3.02. The van der Waals surface area contributed by atoms with Crippen molar-refractivity contribution in [3.63, 3.8) is 0 Å². The number of nitrogens with zero attached hydrogens (tertiary/aromatic N) is 2. The van der Waals surface area contributed by atoms with Crippen LogP contribution in [0.3, 0.4) is 0 Å². The second-order valence-corrected chi connectivity index (χ2v) is 13.8. The first-order valence-electron chi connectivity index (χ1n) is 14.8. The molecular weight excluding hydrogens is 586 g/mol. The number of methoxy groups -OCH3 is 1. The molecule has 0 aliphatic heterocycles. The third-order valence-electron chi connectivity index (χ3n) is 7.34. The highest BCUT2D eigenvalue weighted by Gasteiger charge is 2.36. The molecule has 1 atom stereocenters. The van der Waals surface area contributed by atoms with Crippen LogP contribution in [0, 0.1) is 6.92 Å². The molecule has 4 aromatic rings. The maximum Gasteiger partial charge on any atom is 0.264 e. The van der Waals surface area contributed by atoms with Crippen molar-refractivity contribution < 1.29 is 22.7 Å². The number of sulfonamides is 1. The van der Waals surface area contributed by atoms with Crippen molar-refractivity contribution in [2.45, 2.75) is 57.1 Å². The van der Waals surface area contributed by atoms with E-state index in [4.69, 9.17) is 4.74 Å². The number of carbonyl (C=O) groups is 2. The predicted molar refractivity (Wildman–Crippen MR) is 178 cm³/mol. The standard InChI is InChI=1S/C36H41N3O5S/c1-27-16-12-13-19-29(27)25-38(32(35(41)37-36(2,3)4)24-28-17-8-6-9-18-28)34(40)26-39(31-22-14-15-23-33(31)44-5)45(42,43)30-20-10-7-11-21-30/h6-23,32H,24-26H2,1-5H3,(H,37,41)/t32-/m1/s1. The SMILES string of the molecule is COc1ccccc1N(CC(=O)N(Cc1ccccc1C)[C@H](Cc1ccccc1)C(=O)NC(C)(C)C)S(=O)(=O)c1ccccc1. The fraction of sp³-hybridized carbons (Fsp3) is 0.278. The molecule has 0 aliphatic carbocycles. The Morgan fingerprint density at radius 1 is 0.822 bits per heavy atom. The van der Waals surface area contributed by atoms with Crippen LogP contribution in [-0.4, -0.2) is 50.4 Å². The number of para-hydroxylation sites is 2. The maximum absolute atomic E-state index is 14.6. The molecule has 236 valence electrons. The Balaban J connectivity index is 1.85. The largest absolute Gasteiger partial charge is 0.495 e. The molecule has 0 spiro atoms. The van der Waals surface area contributed by atoms with Gasteiger partial charge < -0.3 is 15.0 Å². The van der Waals surface area contributed by atoms with Gasteiger partial charge in [-0.25, -0.2) is 8.42 Å². The summed E-state index contributed by atoms with van der Waals surface area (Å²) in [6.07, 6.45) is 0.237. The van der Waals surface area contributed by atoms with Gasteiger partial charge in [0.15, 0.2) is 0 Å². The summed E-state index contributed by atoms with van der Waals surface area (Å²) in [5, 5.41) is 3.05. The van der Waals surface area contributed by atoms with Crippen molar-refractivity contribution in [2.24, 2.45) is 0 Å². The van der Waals surface area contributed by atoms with E-state index in [0.29, 0.717) is 5.75 Å². The van der Waals surface area contributed by atoms with Gasteiger partial charge in [-0.15, -0.1) is 0 Å². The molecule has 4 aromatic carbocycles. The topological polar surface area (TPSA) is 96.0 Å². The van der Waals surface area contributed by atoms with Crippen LogP contribution in [0.5, 0.6) is 5.75 Å². The third kappa shape index (κ3) is 8.51. The van der Waals surface area contributed by atoms with Gasteiger partial charge >= 0.3 is 0 Å². The molecule has 2 amide bonds. The number of amides is 2. The second-order valence-electron chi connectivity index (χ2n) is 11.9. The van der Waals surface area contributed by atoms with Crippen LogP contribution in [0.2, 0.25) is 0 Å². The van der Waals surface area contributed by atoms with Gasteiger partial charge in [-0.3, -0.25) is 13.9 Å². The normalized spacial score (nSPS) is 12.2. The number of carbonyl (C=O) groups excluding carboxylic acids is 2. The molecule has 0 unspecified atom stereocenters. The Bertz CT molecular complexity index is 1700. The second kappa shape index (κ2) is 14.4. The van der Waals surface area contributed by atoms with E-state index in [1.54, 1.807) is 42.5 Å². The number of hydrogen-bond donors (Lipinski definition) is 1. The number of benzene rings is 4. The fourth-order valence-electron chi connectivity index (χ4n) is 5.05. The lowest BCUT2D eigenvalue weighted by Gasteiger charge is -2.35. The molecule has 0 aromatic heterocycles. The molecule has 8 nitrogen and oxygen atoms in total. The van der Waals surface area contributed by atoms with Gasteiger partial charge in [0.25, 0.3) is 10.0 Å². The quantitative estimate of drug-likeness (QED) is 0.216. The molecular formula is C36H41N3O5S. The number of nitrogens with one attached hydrogen (secondary N) is 1. The summed E-state index contributed by atoms with van der Waals surface area (Å²) in [5.74, 6) is -0.571. The monoisotopic (exact) mass is 627 g/mol. The molecule has 0 aliphatic rings. The highest BCUT2D eigenvalue weighted by Crippen LogP contribution is 2.32. The van der Waals surface area contributed by atoms with E-state index in [9.17, 15) is 18.0 Å². The van der Waals surface area contributed by atoms with Crippen LogP contribution < -0.4 is 14.4 Å². The van der Waals surface area contributed by atoms with Crippen LogP contribution >= 0.6 is 0 Å². The van der Waals surface area contributed by atoms with Crippen molar-refractivity contribution in [2.75, 3.05) is 18.0 Å². The Morgan fingerprint density at radius 2 is 1.40 bits per heavy atom. The van der Waals surface area contributed by atoms with E-state index >= 15 is 0 Å². The van der Waals surface area contributed by atoms with E-state index in [1.807, 2.05) is 82.3 Å². The van der Waals surface area contributed by atoms with Crippen LogP contribution in [-0.2, 0) is 32.6 Å². The number of rotatable bonds is 12. The zero-order chi connectivity index (χ0) is 32.6. The number of ether oxygens (including phenoxy) is 1. The zero-order valence-electron chi connectivity index (χ0n) is 26.4. The first-order valence-corrected chi connectivity index (χ1v) is 16.3. The minimum Gasteiger partial charge on any atom is -0.495 e. The van der Waals surface area contributed by atoms with Crippen molar-refractivity contribution in [3.05, 3.63) is 126 Å². The minimum atomic E-state index is -4.22. The van der Waals surface area contributed by atoms with Crippen LogP contribution in [0.25, 0.3) is 0 Å². The van der Waals surface area contributed by atoms with E-state index in [-0.39, 0.29) is 29.5 Å². The molecule has 0 saturated heterocycles. The Labute approximate surface area is 266 Å². The summed E-state index contributed by atoms with van der Waals surface area (Å²) in [6, 6.07) is 30.8. The summed E-state index contributed by atoms with van der Waals surface area (Å²) >= 11 is 0. The highest BCUT2D eigenvalue weighted by atomic mass is 32.2. The van der Waals surface area contributed by atoms with E-state index in [1.165, 1.54) is 24.1 Å². The van der Waals surface area contributed by atoms with Gasteiger partial charge in [0, 0.05) is 18.5 Å². The van der Waals surface area contributed by atoms with Gasteiger partial charge in [-0.1, -0.05) is 84.9 Å². The minimum absolute atomic E-state index is 0.0282. The summed E-state index contributed by atoms with van der Waals surface area (Å²) in [5.41, 5.74) is 2.31. The Kier molecular flexibility index (Phi) is 10.7. The van der Waals surface area contributed by atoms with Crippen LogP contribution in [0.4, 0.5) is 5.69 Å². The zero-order valence-corrected chi connectivity index (χ0v) is 27.3. The summed E-state index contributed by atoms with van der Waals surface area (Å²) in [4.78, 5) is 30.2. The van der Waals surface area contributed by atoms with Gasteiger partial charge in [0.1, 0.15) is 18.3 Å². The van der Waals surface area contributed by atoms with Crippen molar-refractivity contribution >= 4 is 27.5 Å². The van der Waals surface area contributed by atoms with Gasteiger partial charge in [-0.05, 0) is 68.7 Å². The maximum atomic E-state index is 14.6. The number of hydrogen-bond acceptors (Lipinski definition) is 5. The molecule has 0 heterocycles. The summed E-state index contributed by atoms with van der Waals surface area (Å²) in [7, 11) is -2.78. The average molecular weight is 628 g/mol. The molecule has 0 radical (unpaired) electrons. The van der Waals surface area contributed by atoms with Crippen molar-refractivity contribution in [1.82, 2.24) is 10.2 Å².